The molecule has 0 fully saturated rings. The fourth-order valence-electron chi connectivity index (χ4n) is 3.33. The summed E-state index contributed by atoms with van der Waals surface area (Å²) in [7, 11) is 1.53. The minimum atomic E-state index is -4.23. The minimum absolute atomic E-state index is 0.0247. The Labute approximate surface area is 207 Å². The second kappa shape index (κ2) is 10.9. The summed E-state index contributed by atoms with van der Waals surface area (Å²) >= 11 is 0. The van der Waals surface area contributed by atoms with E-state index in [9.17, 15) is 23.6 Å². The summed E-state index contributed by atoms with van der Waals surface area (Å²) in [6.07, 6.45) is 3.21. The van der Waals surface area contributed by atoms with Crippen LogP contribution in [0.3, 0.4) is 0 Å². The van der Waals surface area contributed by atoms with Gasteiger partial charge in [0, 0.05) is 23.8 Å². The molecule has 0 aliphatic rings. The van der Waals surface area contributed by atoms with Crippen molar-refractivity contribution in [1.82, 2.24) is 0 Å². The Morgan fingerprint density at radius 2 is 1.53 bits per heavy atom. The number of anilines is 1. The quantitative estimate of drug-likeness (QED) is 0.174. The summed E-state index contributed by atoms with van der Waals surface area (Å²) in [5.41, 5.74) is 0.617. The Bertz CT molecular complexity index is 1390. The van der Waals surface area contributed by atoms with Gasteiger partial charge < -0.3 is 24.1 Å². The van der Waals surface area contributed by atoms with Crippen LogP contribution in [0.5, 0.6) is 28.7 Å². The molecule has 0 saturated carbocycles. The molecule has 0 aliphatic heterocycles. The van der Waals surface area contributed by atoms with E-state index in [2.05, 4.69) is 4.72 Å². The zero-order valence-corrected chi connectivity index (χ0v) is 20.7. The van der Waals surface area contributed by atoms with Crippen molar-refractivity contribution in [2.45, 2.75) is 4.90 Å². The molecule has 12 heteroatoms. The summed E-state index contributed by atoms with van der Waals surface area (Å²) in [4.78, 5) is 10.1. The average molecular weight is 517 g/mol. The SMILES string of the molecule is COc1cc(NS(=O)(=O)c2cccc([N+](=O)[O-])c2)c(C=Cc2cc(OC)c(OC)c(OC)c2)cc1O. The summed E-state index contributed by atoms with van der Waals surface area (Å²) < 4.78 is 49.6. The maximum Gasteiger partial charge on any atom is 0.270 e. The highest BCUT2D eigenvalue weighted by Crippen LogP contribution is 2.39. The van der Waals surface area contributed by atoms with Crippen LogP contribution in [0.15, 0.2) is 53.4 Å². The summed E-state index contributed by atoms with van der Waals surface area (Å²) in [6.45, 7) is 0. The minimum Gasteiger partial charge on any atom is -0.504 e. The standard InChI is InChI=1S/C24H24N2O9S/c1-32-21-14-19(25-36(30,31)18-7-5-6-17(13-18)26(28)29)16(12-20(21)27)9-8-15-10-22(33-2)24(35-4)23(11-15)34-3/h5-14,25,27H,1-4H3. The Morgan fingerprint density at radius 3 is 2.08 bits per heavy atom. The van der Waals surface area contributed by atoms with Crippen LogP contribution in [0.4, 0.5) is 11.4 Å². The number of non-ortho nitro benzene ring substituents is 1. The maximum atomic E-state index is 13.0. The first-order chi connectivity index (χ1) is 17.1. The first-order valence-electron chi connectivity index (χ1n) is 10.3. The number of rotatable bonds is 10. The molecule has 0 radical (unpaired) electrons. The lowest BCUT2D eigenvalue weighted by Crippen LogP contribution is -2.14. The molecule has 0 amide bonds. The van der Waals surface area contributed by atoms with Crippen molar-refractivity contribution in [2.24, 2.45) is 0 Å². The van der Waals surface area contributed by atoms with Gasteiger partial charge in [-0.25, -0.2) is 8.42 Å². The van der Waals surface area contributed by atoms with Gasteiger partial charge in [0.05, 0.1) is 43.9 Å². The van der Waals surface area contributed by atoms with E-state index in [0.29, 0.717) is 22.8 Å². The molecule has 190 valence electrons. The van der Waals surface area contributed by atoms with E-state index in [0.717, 1.165) is 6.07 Å². The topological polar surface area (TPSA) is 146 Å². The van der Waals surface area contributed by atoms with Crippen molar-refractivity contribution in [1.29, 1.82) is 0 Å². The number of nitro groups is 1. The molecule has 36 heavy (non-hydrogen) atoms. The lowest BCUT2D eigenvalue weighted by atomic mass is 10.1. The summed E-state index contributed by atoms with van der Waals surface area (Å²) in [5, 5.41) is 21.4. The van der Waals surface area contributed by atoms with Gasteiger partial charge in [-0.3, -0.25) is 14.8 Å². The predicted molar refractivity (Wildman–Crippen MR) is 134 cm³/mol. The van der Waals surface area contributed by atoms with Gasteiger partial charge in [0.1, 0.15) is 0 Å². The number of nitrogens with one attached hydrogen (secondary N) is 1. The van der Waals surface area contributed by atoms with Crippen LogP contribution in [-0.2, 0) is 10.0 Å². The Hall–Kier alpha value is -4.45. The molecule has 2 N–H and O–H groups in total. The number of phenolic OH excluding ortho intramolecular Hbond substituents is 1. The highest BCUT2D eigenvalue weighted by atomic mass is 32.2. The van der Waals surface area contributed by atoms with Gasteiger partial charge >= 0.3 is 0 Å². The third kappa shape index (κ3) is 5.61. The molecule has 0 bridgehead atoms. The molecule has 11 nitrogen and oxygen atoms in total. The monoisotopic (exact) mass is 516 g/mol. The normalized spacial score (nSPS) is 11.2. The highest BCUT2D eigenvalue weighted by molar-refractivity contribution is 7.92. The van der Waals surface area contributed by atoms with E-state index in [1.165, 1.54) is 58.8 Å². The van der Waals surface area contributed by atoms with Crippen LogP contribution in [-0.4, -0.2) is 46.9 Å². The molecule has 0 aromatic heterocycles. The molecule has 0 aliphatic carbocycles. The fourth-order valence-corrected chi connectivity index (χ4v) is 4.44. The number of nitrogens with zero attached hydrogens (tertiary/aromatic N) is 1. The molecular formula is C24H24N2O9S. The van der Waals surface area contributed by atoms with Crippen LogP contribution in [0.1, 0.15) is 11.1 Å². The number of hydrogen-bond donors (Lipinski definition) is 2. The third-order valence-corrected chi connectivity index (χ3v) is 6.44. The summed E-state index contributed by atoms with van der Waals surface area (Å²) in [6, 6.07) is 10.6. The number of methoxy groups -OCH3 is 4. The van der Waals surface area contributed by atoms with Crippen LogP contribution >= 0.6 is 0 Å². The first kappa shape index (κ1) is 26.2. The van der Waals surface area contributed by atoms with Crippen LogP contribution in [0.25, 0.3) is 12.2 Å². The Morgan fingerprint density at radius 1 is 0.889 bits per heavy atom. The maximum absolute atomic E-state index is 13.0. The third-order valence-electron chi connectivity index (χ3n) is 5.08. The van der Waals surface area contributed by atoms with E-state index in [1.54, 1.807) is 24.3 Å². The van der Waals surface area contributed by atoms with Crippen molar-refractivity contribution in [2.75, 3.05) is 33.2 Å². The largest absolute Gasteiger partial charge is 0.504 e. The van der Waals surface area contributed by atoms with Crippen molar-refractivity contribution in [3.8, 4) is 28.7 Å². The van der Waals surface area contributed by atoms with E-state index in [1.807, 2.05) is 0 Å². The molecule has 0 heterocycles. The first-order valence-corrected chi connectivity index (χ1v) is 11.8. The Kier molecular flexibility index (Phi) is 7.90. The molecular weight excluding hydrogens is 492 g/mol. The fraction of sp³-hybridized carbons (Fsp3) is 0.167. The van der Waals surface area contributed by atoms with E-state index in [4.69, 9.17) is 18.9 Å². The smallest absolute Gasteiger partial charge is 0.270 e. The number of aromatic hydroxyl groups is 1. The van der Waals surface area contributed by atoms with Crippen molar-refractivity contribution >= 4 is 33.6 Å². The number of sulfonamides is 1. The van der Waals surface area contributed by atoms with Crippen LogP contribution < -0.4 is 23.7 Å². The zero-order valence-electron chi connectivity index (χ0n) is 19.8. The number of hydrogen-bond acceptors (Lipinski definition) is 9. The summed E-state index contributed by atoms with van der Waals surface area (Å²) in [5.74, 6) is 1.04. The molecule has 3 aromatic rings. The van der Waals surface area contributed by atoms with Crippen molar-refractivity contribution in [3.05, 3.63) is 69.8 Å². The number of benzene rings is 3. The van der Waals surface area contributed by atoms with Gasteiger partial charge in [-0.05, 0) is 29.8 Å². The molecule has 0 spiro atoms. The van der Waals surface area contributed by atoms with Gasteiger partial charge in [0.25, 0.3) is 15.7 Å². The predicted octanol–water partition coefficient (Wildman–Crippen LogP) is 4.31. The van der Waals surface area contributed by atoms with Crippen LogP contribution in [0.2, 0.25) is 0 Å². The molecule has 0 unspecified atom stereocenters. The highest BCUT2D eigenvalue weighted by Gasteiger charge is 2.20. The second-order valence-corrected chi connectivity index (χ2v) is 8.95. The van der Waals surface area contributed by atoms with Crippen molar-refractivity contribution in [3.63, 3.8) is 0 Å². The molecule has 0 saturated heterocycles. The van der Waals surface area contributed by atoms with E-state index >= 15 is 0 Å². The lowest BCUT2D eigenvalue weighted by molar-refractivity contribution is -0.385. The number of nitro benzene ring substituents is 1. The van der Waals surface area contributed by atoms with Crippen LogP contribution in [0, 0.1) is 10.1 Å². The van der Waals surface area contributed by atoms with E-state index in [-0.39, 0.29) is 33.3 Å². The zero-order chi connectivity index (χ0) is 26.5. The molecule has 3 aromatic carbocycles. The lowest BCUT2D eigenvalue weighted by Gasteiger charge is -2.14. The van der Waals surface area contributed by atoms with Gasteiger partial charge in [-0.2, -0.15) is 0 Å². The number of ether oxygens (including phenoxy) is 4. The van der Waals surface area contributed by atoms with Crippen molar-refractivity contribution < 1.29 is 37.4 Å². The number of phenols is 1. The molecule has 0 atom stereocenters. The van der Waals surface area contributed by atoms with E-state index < -0.39 is 14.9 Å². The van der Waals surface area contributed by atoms with Gasteiger partial charge in [0.15, 0.2) is 23.0 Å². The van der Waals surface area contributed by atoms with Gasteiger partial charge in [0.2, 0.25) is 5.75 Å². The average Bonchev–Trinajstić information content (AvgIpc) is 2.87. The molecule has 3 rings (SSSR count). The second-order valence-electron chi connectivity index (χ2n) is 7.26. The van der Waals surface area contributed by atoms with Gasteiger partial charge in [-0.15, -0.1) is 0 Å². The van der Waals surface area contributed by atoms with Gasteiger partial charge in [-0.1, -0.05) is 18.2 Å². The Balaban J connectivity index is 2.06.